The highest BCUT2D eigenvalue weighted by Gasteiger charge is 2.11. The molecule has 0 saturated heterocycles. The molecule has 1 N–H and O–H groups in total. The number of benzene rings is 1. The molecule has 0 spiro atoms. The first-order valence-corrected chi connectivity index (χ1v) is 7.81. The van der Waals surface area contributed by atoms with Crippen LogP contribution in [0, 0.1) is 13.8 Å². The van der Waals surface area contributed by atoms with Gasteiger partial charge in [0.15, 0.2) is 4.96 Å². The third-order valence-corrected chi connectivity index (χ3v) is 4.89. The van der Waals surface area contributed by atoms with Crippen LogP contribution in [0.5, 0.6) is 0 Å². The van der Waals surface area contributed by atoms with Crippen LogP contribution in [0.3, 0.4) is 0 Å². The van der Waals surface area contributed by atoms with Crippen molar-refractivity contribution in [2.45, 2.75) is 20.4 Å². The smallest absolute Gasteiger partial charge is 0.194 e. The van der Waals surface area contributed by atoms with E-state index in [0.717, 1.165) is 16.3 Å². The van der Waals surface area contributed by atoms with E-state index in [2.05, 4.69) is 27.0 Å². The van der Waals surface area contributed by atoms with Gasteiger partial charge in [0, 0.05) is 16.8 Å². The van der Waals surface area contributed by atoms with Gasteiger partial charge in [-0.25, -0.2) is 4.98 Å². The van der Waals surface area contributed by atoms with Gasteiger partial charge in [-0.2, -0.15) is 0 Å². The Balaban J connectivity index is 1.88. The Morgan fingerprint density at radius 1 is 1.25 bits per heavy atom. The van der Waals surface area contributed by atoms with E-state index in [-0.39, 0.29) is 0 Å². The fraction of sp³-hybridized carbons (Fsp3) is 0.214. The van der Waals surface area contributed by atoms with E-state index in [0.29, 0.717) is 16.6 Å². The predicted molar refractivity (Wildman–Crippen MR) is 86.3 cm³/mol. The van der Waals surface area contributed by atoms with Crippen molar-refractivity contribution in [1.82, 2.24) is 9.38 Å². The zero-order chi connectivity index (χ0) is 14.3. The first kappa shape index (κ1) is 13.7. The molecular weight excluding hydrogens is 313 g/mol. The number of fused-ring (bicyclic) bond motifs is 1. The Morgan fingerprint density at radius 3 is 2.80 bits per heavy atom. The third-order valence-electron chi connectivity index (χ3n) is 3.21. The fourth-order valence-corrected chi connectivity index (χ4v) is 3.40. The molecule has 0 amide bonds. The van der Waals surface area contributed by atoms with Crippen LogP contribution in [-0.2, 0) is 6.54 Å². The average molecular weight is 326 g/mol. The van der Waals surface area contributed by atoms with Crippen LogP contribution >= 0.6 is 34.5 Å². The lowest BCUT2D eigenvalue weighted by Crippen LogP contribution is -2.04. The second-order valence-electron chi connectivity index (χ2n) is 4.62. The van der Waals surface area contributed by atoms with Gasteiger partial charge in [-0.15, -0.1) is 11.3 Å². The van der Waals surface area contributed by atoms with Crippen molar-refractivity contribution in [3.05, 3.63) is 50.7 Å². The lowest BCUT2D eigenvalue weighted by Gasteiger charge is -2.08. The van der Waals surface area contributed by atoms with Crippen LogP contribution in [-0.4, -0.2) is 9.38 Å². The predicted octanol–water partition coefficient (Wildman–Crippen LogP) is 4.93. The van der Waals surface area contributed by atoms with Gasteiger partial charge < -0.3 is 5.32 Å². The maximum atomic E-state index is 6.02. The zero-order valence-electron chi connectivity index (χ0n) is 11.1. The normalized spacial score (nSPS) is 11.2. The van der Waals surface area contributed by atoms with Gasteiger partial charge in [-0.3, -0.25) is 4.40 Å². The molecule has 2 aromatic heterocycles. The second-order valence-corrected chi connectivity index (χ2v) is 6.27. The Kier molecular flexibility index (Phi) is 3.63. The molecule has 20 heavy (non-hydrogen) atoms. The van der Waals surface area contributed by atoms with E-state index >= 15 is 0 Å². The van der Waals surface area contributed by atoms with Crippen LogP contribution in [0.15, 0.2) is 23.6 Å². The SMILES string of the molecule is Cc1nc2scc(C)n2c1CNc1ccc(Cl)c(Cl)c1. The summed E-state index contributed by atoms with van der Waals surface area (Å²) in [6.07, 6.45) is 0. The highest BCUT2D eigenvalue weighted by atomic mass is 35.5. The number of hydrogen-bond acceptors (Lipinski definition) is 3. The molecule has 0 bridgehead atoms. The number of hydrogen-bond donors (Lipinski definition) is 1. The summed E-state index contributed by atoms with van der Waals surface area (Å²) in [6, 6.07) is 5.54. The summed E-state index contributed by atoms with van der Waals surface area (Å²) in [5.41, 5.74) is 4.37. The second kappa shape index (κ2) is 5.28. The summed E-state index contributed by atoms with van der Waals surface area (Å²) in [5, 5.41) is 6.60. The largest absolute Gasteiger partial charge is 0.379 e. The molecule has 0 aliphatic rings. The third kappa shape index (κ3) is 2.39. The number of anilines is 1. The van der Waals surface area contributed by atoms with Crippen molar-refractivity contribution in [3.8, 4) is 0 Å². The summed E-state index contributed by atoms with van der Waals surface area (Å²) in [6.45, 7) is 4.82. The number of aryl methyl sites for hydroxylation is 2. The molecule has 104 valence electrons. The fourth-order valence-electron chi connectivity index (χ4n) is 2.17. The van der Waals surface area contributed by atoms with Crippen molar-refractivity contribution in [1.29, 1.82) is 0 Å². The van der Waals surface area contributed by atoms with E-state index in [1.165, 1.54) is 11.4 Å². The zero-order valence-corrected chi connectivity index (χ0v) is 13.4. The lowest BCUT2D eigenvalue weighted by atomic mass is 10.3. The molecule has 6 heteroatoms. The topological polar surface area (TPSA) is 29.3 Å². The molecule has 0 saturated carbocycles. The van der Waals surface area contributed by atoms with E-state index in [1.807, 2.05) is 19.1 Å². The van der Waals surface area contributed by atoms with Crippen molar-refractivity contribution in [2.75, 3.05) is 5.32 Å². The van der Waals surface area contributed by atoms with Crippen LogP contribution in [0.1, 0.15) is 17.1 Å². The number of nitrogens with one attached hydrogen (secondary N) is 1. The first-order chi connectivity index (χ1) is 9.56. The van der Waals surface area contributed by atoms with Gasteiger partial charge in [0.2, 0.25) is 0 Å². The van der Waals surface area contributed by atoms with Gasteiger partial charge >= 0.3 is 0 Å². The summed E-state index contributed by atoms with van der Waals surface area (Å²) < 4.78 is 2.19. The van der Waals surface area contributed by atoms with Gasteiger partial charge in [-0.1, -0.05) is 23.2 Å². The van der Waals surface area contributed by atoms with Crippen molar-refractivity contribution < 1.29 is 0 Å². The van der Waals surface area contributed by atoms with E-state index in [4.69, 9.17) is 23.2 Å². The lowest BCUT2D eigenvalue weighted by molar-refractivity contribution is 0.966. The van der Waals surface area contributed by atoms with Crippen LogP contribution < -0.4 is 5.32 Å². The molecule has 3 rings (SSSR count). The molecule has 2 heterocycles. The minimum atomic E-state index is 0.554. The van der Waals surface area contributed by atoms with Crippen LogP contribution in [0.25, 0.3) is 4.96 Å². The summed E-state index contributed by atoms with van der Waals surface area (Å²) in [7, 11) is 0. The molecular formula is C14H13Cl2N3S. The average Bonchev–Trinajstić information content (AvgIpc) is 2.91. The first-order valence-electron chi connectivity index (χ1n) is 6.17. The molecule has 0 fully saturated rings. The van der Waals surface area contributed by atoms with Gasteiger partial charge in [0.05, 0.1) is 28.0 Å². The quantitative estimate of drug-likeness (QED) is 0.739. The summed E-state index contributed by atoms with van der Waals surface area (Å²) >= 11 is 13.6. The maximum absolute atomic E-state index is 6.02. The van der Waals surface area contributed by atoms with Crippen molar-refractivity contribution in [3.63, 3.8) is 0 Å². The molecule has 0 aliphatic heterocycles. The van der Waals surface area contributed by atoms with Gasteiger partial charge in [0.25, 0.3) is 0 Å². The molecule has 0 radical (unpaired) electrons. The maximum Gasteiger partial charge on any atom is 0.194 e. The standard InChI is InChI=1S/C14H13Cl2N3S/c1-8-7-20-14-18-9(2)13(19(8)14)6-17-10-3-4-11(15)12(16)5-10/h3-5,7,17H,6H2,1-2H3. The Bertz CT molecular complexity index is 776. The number of thiazole rings is 1. The van der Waals surface area contributed by atoms with Crippen molar-refractivity contribution >= 4 is 45.2 Å². The van der Waals surface area contributed by atoms with Gasteiger partial charge in [0.1, 0.15) is 0 Å². The van der Waals surface area contributed by atoms with Crippen LogP contribution in [0.2, 0.25) is 10.0 Å². The Morgan fingerprint density at radius 2 is 2.05 bits per heavy atom. The highest BCUT2D eigenvalue weighted by Crippen LogP contribution is 2.26. The van der Waals surface area contributed by atoms with E-state index in [1.54, 1.807) is 17.4 Å². The Hall–Kier alpha value is -1.23. The Labute approximate surface area is 131 Å². The monoisotopic (exact) mass is 325 g/mol. The van der Waals surface area contributed by atoms with E-state index in [9.17, 15) is 0 Å². The number of aromatic nitrogens is 2. The molecule has 0 atom stereocenters. The van der Waals surface area contributed by atoms with Gasteiger partial charge in [-0.05, 0) is 32.0 Å². The highest BCUT2D eigenvalue weighted by molar-refractivity contribution is 7.15. The summed E-state index contributed by atoms with van der Waals surface area (Å²) in [5.74, 6) is 0. The number of halogens is 2. The van der Waals surface area contributed by atoms with Crippen LogP contribution in [0.4, 0.5) is 5.69 Å². The number of nitrogens with zero attached hydrogens (tertiary/aromatic N) is 2. The van der Waals surface area contributed by atoms with Crippen molar-refractivity contribution in [2.24, 2.45) is 0 Å². The molecule has 3 aromatic rings. The molecule has 3 nitrogen and oxygen atoms in total. The minimum Gasteiger partial charge on any atom is -0.379 e. The molecule has 1 aromatic carbocycles. The van der Waals surface area contributed by atoms with E-state index < -0.39 is 0 Å². The number of imidazole rings is 1. The summed E-state index contributed by atoms with van der Waals surface area (Å²) in [4.78, 5) is 5.61. The minimum absolute atomic E-state index is 0.554. The number of rotatable bonds is 3. The molecule has 0 aliphatic carbocycles. The molecule has 0 unspecified atom stereocenters.